The van der Waals surface area contributed by atoms with Gasteiger partial charge in [-0.2, -0.15) is 5.10 Å². The van der Waals surface area contributed by atoms with E-state index < -0.39 is 0 Å². The van der Waals surface area contributed by atoms with Gasteiger partial charge in [0.15, 0.2) is 22.9 Å². The molecule has 5 rings (SSSR count). The third-order valence-corrected chi connectivity index (χ3v) is 6.28. The summed E-state index contributed by atoms with van der Waals surface area (Å²) >= 11 is 0. The van der Waals surface area contributed by atoms with Crippen molar-refractivity contribution in [2.24, 2.45) is 0 Å². The zero-order chi connectivity index (χ0) is 23.1. The smallest absolute Gasteiger partial charge is 0.166 e. The zero-order valence-electron chi connectivity index (χ0n) is 18.8. The lowest BCUT2D eigenvalue weighted by atomic mass is 9.82. The van der Waals surface area contributed by atoms with E-state index in [4.69, 9.17) is 14.5 Å². The first-order valence-electron chi connectivity index (χ1n) is 10.9. The quantitative estimate of drug-likeness (QED) is 0.431. The number of hydrogen-bond acceptors (Lipinski definition) is 5. The first-order chi connectivity index (χ1) is 16.0. The predicted molar refractivity (Wildman–Crippen MR) is 123 cm³/mol. The van der Waals surface area contributed by atoms with Crippen LogP contribution < -0.4 is 9.47 Å². The van der Waals surface area contributed by atoms with Gasteiger partial charge in [-0.3, -0.25) is 4.79 Å². The Morgan fingerprint density at radius 1 is 1.06 bits per heavy atom. The Bertz CT molecular complexity index is 1360. The number of methoxy groups -OCH3 is 2. The van der Waals surface area contributed by atoms with E-state index in [0.717, 1.165) is 28.1 Å². The lowest BCUT2D eigenvalue weighted by molar-refractivity contribution is 0.0962. The van der Waals surface area contributed by atoms with Crippen LogP contribution in [0.25, 0.3) is 16.8 Å². The van der Waals surface area contributed by atoms with E-state index in [1.54, 1.807) is 37.1 Å². The van der Waals surface area contributed by atoms with E-state index >= 15 is 0 Å². The van der Waals surface area contributed by atoms with Crippen LogP contribution in [-0.4, -0.2) is 34.6 Å². The number of nitrogens with zero attached hydrogens (tertiary/aromatic N) is 3. The molecule has 6 nitrogen and oxygen atoms in total. The Morgan fingerprint density at radius 2 is 1.82 bits per heavy atom. The normalized spacial score (nSPS) is 15.5. The molecule has 0 fully saturated rings. The molecule has 0 saturated carbocycles. The highest BCUT2D eigenvalue weighted by molar-refractivity contribution is 5.99. The van der Waals surface area contributed by atoms with E-state index in [0.29, 0.717) is 42.0 Å². The van der Waals surface area contributed by atoms with Gasteiger partial charge in [0, 0.05) is 18.2 Å². The molecule has 0 amide bonds. The Labute approximate surface area is 191 Å². The topological polar surface area (TPSA) is 65.7 Å². The van der Waals surface area contributed by atoms with Crippen LogP contribution in [0, 0.1) is 5.82 Å². The van der Waals surface area contributed by atoms with Crippen LogP contribution in [0.3, 0.4) is 0 Å². The van der Waals surface area contributed by atoms with Crippen LogP contribution in [0.4, 0.5) is 4.39 Å². The van der Waals surface area contributed by atoms with Crippen molar-refractivity contribution >= 4 is 11.4 Å². The molecule has 0 bridgehead atoms. The summed E-state index contributed by atoms with van der Waals surface area (Å²) in [5.74, 6) is 1.03. The van der Waals surface area contributed by atoms with Crippen LogP contribution in [-0.2, 0) is 12.8 Å². The second kappa shape index (κ2) is 8.31. The lowest BCUT2D eigenvalue weighted by Gasteiger charge is -2.24. The largest absolute Gasteiger partial charge is 0.493 e. The summed E-state index contributed by atoms with van der Waals surface area (Å²) in [4.78, 5) is 18.0. The van der Waals surface area contributed by atoms with Gasteiger partial charge in [-0.05, 0) is 54.2 Å². The fourth-order valence-corrected chi connectivity index (χ4v) is 4.58. The van der Waals surface area contributed by atoms with Gasteiger partial charge in [-0.15, -0.1) is 0 Å². The van der Waals surface area contributed by atoms with E-state index in [1.165, 1.54) is 12.1 Å². The summed E-state index contributed by atoms with van der Waals surface area (Å²) in [6.45, 7) is 2.02. The molecule has 0 radical (unpaired) electrons. The van der Waals surface area contributed by atoms with E-state index in [-0.39, 0.29) is 17.5 Å². The number of benzene rings is 2. The lowest BCUT2D eigenvalue weighted by Crippen LogP contribution is -2.21. The molecule has 1 unspecified atom stereocenters. The maximum Gasteiger partial charge on any atom is 0.166 e. The minimum atomic E-state index is -0.290. The van der Waals surface area contributed by atoms with Crippen molar-refractivity contribution in [3.05, 3.63) is 77.0 Å². The number of carbonyl (C=O) groups excluding carboxylic acids is 1. The van der Waals surface area contributed by atoms with Crippen LogP contribution in [0.2, 0.25) is 0 Å². The molecule has 2 heterocycles. The number of rotatable bonds is 5. The molecule has 7 heteroatoms. The molecular formula is C26H24FN3O3. The second-order valence-electron chi connectivity index (χ2n) is 8.19. The highest BCUT2D eigenvalue weighted by Crippen LogP contribution is 2.37. The van der Waals surface area contributed by atoms with Gasteiger partial charge in [0.2, 0.25) is 0 Å². The molecule has 2 aromatic heterocycles. The summed E-state index contributed by atoms with van der Waals surface area (Å²) in [6, 6.07) is 12.1. The Morgan fingerprint density at radius 3 is 2.52 bits per heavy atom. The number of hydrogen-bond donors (Lipinski definition) is 0. The summed E-state index contributed by atoms with van der Waals surface area (Å²) < 4.78 is 26.0. The number of carbonyl (C=O) groups is 1. The minimum Gasteiger partial charge on any atom is -0.493 e. The van der Waals surface area contributed by atoms with Crippen molar-refractivity contribution in [1.82, 2.24) is 14.6 Å². The monoisotopic (exact) mass is 445 g/mol. The zero-order valence-corrected chi connectivity index (χ0v) is 18.8. The first kappa shape index (κ1) is 21.1. The summed E-state index contributed by atoms with van der Waals surface area (Å²) in [5.41, 5.74) is 5.64. The summed E-state index contributed by atoms with van der Waals surface area (Å²) in [6.07, 6.45) is 3.50. The molecule has 33 heavy (non-hydrogen) atoms. The average molecular weight is 445 g/mol. The second-order valence-corrected chi connectivity index (χ2v) is 8.19. The van der Waals surface area contributed by atoms with Gasteiger partial charge < -0.3 is 9.47 Å². The number of ether oxygens (including phenoxy) is 2. The van der Waals surface area contributed by atoms with Crippen LogP contribution in [0.15, 0.2) is 48.7 Å². The van der Waals surface area contributed by atoms with Crippen LogP contribution in [0.1, 0.15) is 46.6 Å². The number of fused-ring (bicyclic) bond motifs is 2. The summed E-state index contributed by atoms with van der Waals surface area (Å²) in [5, 5.41) is 4.67. The maximum absolute atomic E-state index is 13.5. The van der Waals surface area contributed by atoms with Gasteiger partial charge in [0.1, 0.15) is 5.82 Å². The molecule has 1 atom stereocenters. The van der Waals surface area contributed by atoms with Gasteiger partial charge in [-0.25, -0.2) is 13.9 Å². The third-order valence-electron chi connectivity index (χ3n) is 6.28. The first-order valence-corrected chi connectivity index (χ1v) is 10.9. The molecule has 168 valence electrons. The number of halogens is 1. The summed E-state index contributed by atoms with van der Waals surface area (Å²) in [7, 11) is 3.20. The van der Waals surface area contributed by atoms with Crippen molar-refractivity contribution in [3.63, 3.8) is 0 Å². The van der Waals surface area contributed by atoms with E-state index in [2.05, 4.69) is 5.10 Å². The predicted octanol–water partition coefficient (Wildman–Crippen LogP) is 5.03. The molecule has 0 saturated heterocycles. The minimum absolute atomic E-state index is 0.0115. The van der Waals surface area contributed by atoms with Gasteiger partial charge >= 0.3 is 0 Å². The molecule has 4 aromatic rings. The van der Waals surface area contributed by atoms with Gasteiger partial charge in [-0.1, -0.05) is 25.1 Å². The Kier molecular flexibility index (Phi) is 5.32. The van der Waals surface area contributed by atoms with Gasteiger partial charge in [0.25, 0.3) is 0 Å². The van der Waals surface area contributed by atoms with Gasteiger partial charge in [0.05, 0.1) is 31.2 Å². The fraction of sp³-hybridized carbons (Fsp3) is 0.269. The SMILES string of the molecule is CCc1nn2cc3c(nc2c1-c1ccc(F)cc1)CC(c1ccc(OC)c(OC)c1)CC3=O. The number of Topliss-reactive ketones (excluding diaryl/α,β-unsaturated/α-hetero) is 1. The van der Waals surface area contributed by atoms with Crippen LogP contribution in [0.5, 0.6) is 11.5 Å². The Balaban J connectivity index is 1.60. The molecule has 2 aromatic carbocycles. The van der Waals surface area contributed by atoms with Crippen molar-refractivity contribution in [2.45, 2.75) is 32.1 Å². The van der Waals surface area contributed by atoms with E-state index in [9.17, 15) is 9.18 Å². The van der Waals surface area contributed by atoms with E-state index in [1.807, 2.05) is 25.1 Å². The molecule has 0 N–H and O–H groups in total. The standard InChI is InChI=1S/C26H24FN3O3/c1-4-20-25(15-5-8-18(27)9-6-15)26-28-21-11-17(12-22(31)19(21)14-30(26)29-20)16-7-10-23(32-2)24(13-16)33-3/h5-10,13-14,17H,4,11-12H2,1-3H3. The van der Waals surface area contributed by atoms with Crippen molar-refractivity contribution in [2.75, 3.05) is 14.2 Å². The molecular weight excluding hydrogens is 421 g/mol. The molecule has 1 aliphatic carbocycles. The highest BCUT2D eigenvalue weighted by Gasteiger charge is 2.30. The number of aromatic nitrogens is 3. The molecule has 0 spiro atoms. The van der Waals surface area contributed by atoms with Crippen molar-refractivity contribution < 1.29 is 18.7 Å². The third kappa shape index (κ3) is 3.63. The fourth-order valence-electron chi connectivity index (χ4n) is 4.58. The average Bonchev–Trinajstić information content (AvgIpc) is 3.20. The number of aryl methyl sites for hydroxylation is 1. The highest BCUT2D eigenvalue weighted by atomic mass is 19.1. The number of ketones is 1. The Hall–Kier alpha value is -3.74. The van der Waals surface area contributed by atoms with Crippen molar-refractivity contribution in [1.29, 1.82) is 0 Å². The molecule has 1 aliphatic rings. The molecule has 0 aliphatic heterocycles. The van der Waals surface area contributed by atoms with Crippen LogP contribution >= 0.6 is 0 Å². The maximum atomic E-state index is 13.5. The van der Waals surface area contributed by atoms with Crippen molar-refractivity contribution in [3.8, 4) is 22.6 Å².